The second-order valence-corrected chi connectivity index (χ2v) is 7.29. The molecule has 0 radical (unpaired) electrons. The molecular formula is C22H30N2. The van der Waals surface area contributed by atoms with Gasteiger partial charge in [-0.25, -0.2) is 9.97 Å². The van der Waals surface area contributed by atoms with Crippen molar-refractivity contribution in [3.8, 4) is 11.4 Å². The molecule has 2 heteroatoms. The van der Waals surface area contributed by atoms with Gasteiger partial charge in [-0.2, -0.15) is 0 Å². The first-order chi connectivity index (χ1) is 11.8. The Balaban J connectivity index is 1.63. The average Bonchev–Trinajstić information content (AvgIpc) is 2.64. The lowest BCUT2D eigenvalue weighted by atomic mass is 9.78. The summed E-state index contributed by atoms with van der Waals surface area (Å²) in [5.74, 6) is 2.47. The van der Waals surface area contributed by atoms with Gasteiger partial charge in [-0.15, -0.1) is 0 Å². The van der Waals surface area contributed by atoms with Crippen molar-refractivity contribution in [2.75, 3.05) is 0 Å². The highest BCUT2D eigenvalue weighted by atomic mass is 14.9. The Hall–Kier alpha value is -1.70. The number of hydrogen-bond donors (Lipinski definition) is 0. The molecule has 128 valence electrons. The van der Waals surface area contributed by atoms with Gasteiger partial charge in [0, 0.05) is 18.0 Å². The van der Waals surface area contributed by atoms with Crippen LogP contribution < -0.4 is 0 Å². The third-order valence-electron chi connectivity index (χ3n) is 5.44. The monoisotopic (exact) mass is 322 g/mol. The van der Waals surface area contributed by atoms with Gasteiger partial charge in [-0.3, -0.25) is 0 Å². The van der Waals surface area contributed by atoms with E-state index in [0.717, 1.165) is 23.7 Å². The summed E-state index contributed by atoms with van der Waals surface area (Å²) >= 11 is 0. The van der Waals surface area contributed by atoms with Crippen molar-refractivity contribution in [1.82, 2.24) is 9.97 Å². The van der Waals surface area contributed by atoms with Crippen molar-refractivity contribution in [3.63, 3.8) is 0 Å². The largest absolute Gasteiger partial charge is 0.236 e. The Labute approximate surface area is 146 Å². The fraction of sp³-hybridized carbons (Fsp3) is 0.545. The summed E-state index contributed by atoms with van der Waals surface area (Å²) < 4.78 is 0. The van der Waals surface area contributed by atoms with Crippen molar-refractivity contribution >= 4 is 0 Å². The maximum Gasteiger partial charge on any atom is 0.159 e. The Morgan fingerprint density at radius 1 is 0.875 bits per heavy atom. The molecular weight excluding hydrogens is 292 g/mol. The van der Waals surface area contributed by atoms with Crippen LogP contribution in [0, 0.1) is 5.92 Å². The molecule has 1 aromatic heterocycles. The van der Waals surface area contributed by atoms with Gasteiger partial charge in [0.1, 0.15) is 0 Å². The Kier molecular flexibility index (Phi) is 6.01. The van der Waals surface area contributed by atoms with Crippen LogP contribution >= 0.6 is 0 Å². The lowest BCUT2D eigenvalue weighted by molar-refractivity contribution is 0.308. The zero-order valence-corrected chi connectivity index (χ0v) is 15.2. The fourth-order valence-corrected chi connectivity index (χ4v) is 4.00. The van der Waals surface area contributed by atoms with E-state index in [4.69, 9.17) is 0 Å². The summed E-state index contributed by atoms with van der Waals surface area (Å²) in [6.45, 7) is 4.51. The zero-order chi connectivity index (χ0) is 16.8. The highest BCUT2D eigenvalue weighted by Gasteiger charge is 2.22. The van der Waals surface area contributed by atoms with Crippen molar-refractivity contribution in [3.05, 3.63) is 47.8 Å². The maximum absolute atomic E-state index is 4.64. The number of rotatable bonds is 6. The smallest absolute Gasteiger partial charge is 0.159 e. The Morgan fingerprint density at radius 3 is 2.12 bits per heavy atom. The minimum absolute atomic E-state index is 0.666. The van der Waals surface area contributed by atoms with Gasteiger partial charge < -0.3 is 0 Å². The van der Waals surface area contributed by atoms with E-state index in [1.807, 2.05) is 0 Å². The average molecular weight is 322 g/mol. The molecule has 1 aliphatic rings. The van der Waals surface area contributed by atoms with Crippen LogP contribution in [0.15, 0.2) is 36.7 Å². The molecule has 1 aromatic carbocycles. The van der Waals surface area contributed by atoms with Crippen molar-refractivity contribution in [2.24, 2.45) is 5.92 Å². The lowest BCUT2D eigenvalue weighted by Crippen LogP contribution is -2.13. The molecule has 0 spiro atoms. The molecule has 0 N–H and O–H groups in total. The van der Waals surface area contributed by atoms with Crippen LogP contribution in [0.5, 0.6) is 0 Å². The lowest BCUT2D eigenvalue weighted by Gasteiger charge is -2.28. The number of nitrogens with zero attached hydrogens (tertiary/aromatic N) is 2. The van der Waals surface area contributed by atoms with E-state index in [9.17, 15) is 0 Å². The SMILES string of the molecule is CCCc1ccc(-c2ncc([C@H]3CC[C@H](CCC)CC3)cn2)cc1. The predicted molar refractivity (Wildman–Crippen MR) is 101 cm³/mol. The number of benzene rings is 1. The Bertz CT molecular complexity index is 607. The second kappa shape index (κ2) is 8.41. The maximum atomic E-state index is 4.64. The van der Waals surface area contributed by atoms with Crippen LogP contribution in [0.3, 0.4) is 0 Å². The van der Waals surface area contributed by atoms with Crippen molar-refractivity contribution in [1.29, 1.82) is 0 Å². The van der Waals surface area contributed by atoms with Gasteiger partial charge in [-0.1, -0.05) is 57.4 Å². The summed E-state index contributed by atoms with van der Waals surface area (Å²) in [4.78, 5) is 9.29. The first kappa shape index (κ1) is 17.1. The van der Waals surface area contributed by atoms with Gasteiger partial charge in [0.25, 0.3) is 0 Å². The zero-order valence-electron chi connectivity index (χ0n) is 15.2. The molecule has 1 aliphatic carbocycles. The van der Waals surface area contributed by atoms with Crippen LogP contribution in [0.2, 0.25) is 0 Å². The number of hydrogen-bond acceptors (Lipinski definition) is 2. The van der Waals surface area contributed by atoms with Gasteiger partial charge in [0.05, 0.1) is 0 Å². The van der Waals surface area contributed by atoms with Gasteiger partial charge in [-0.05, 0) is 55.1 Å². The third kappa shape index (κ3) is 4.23. The van der Waals surface area contributed by atoms with Gasteiger partial charge >= 0.3 is 0 Å². The van der Waals surface area contributed by atoms with Crippen LogP contribution in [0.1, 0.15) is 75.8 Å². The molecule has 0 aliphatic heterocycles. The summed E-state index contributed by atoms with van der Waals surface area (Å²) in [5.41, 5.74) is 3.84. The quantitative estimate of drug-likeness (QED) is 0.635. The van der Waals surface area contributed by atoms with E-state index in [2.05, 4.69) is 60.5 Å². The highest BCUT2D eigenvalue weighted by molar-refractivity contribution is 5.55. The van der Waals surface area contributed by atoms with Crippen LogP contribution in [-0.4, -0.2) is 9.97 Å². The molecule has 0 atom stereocenters. The summed E-state index contributed by atoms with van der Waals surface area (Å²) in [7, 11) is 0. The molecule has 0 saturated heterocycles. The number of aryl methyl sites for hydroxylation is 1. The van der Waals surface area contributed by atoms with E-state index in [-0.39, 0.29) is 0 Å². The molecule has 2 nitrogen and oxygen atoms in total. The molecule has 24 heavy (non-hydrogen) atoms. The topological polar surface area (TPSA) is 25.8 Å². The standard InChI is InChI=1S/C22H30N2/c1-3-5-17-7-11-19(12-8-17)21-15-23-22(24-16-21)20-13-9-18(6-4-2)10-14-20/h9-10,13-17,19H,3-8,11-12H2,1-2H3/t17-,19-. The minimum atomic E-state index is 0.666. The molecule has 1 heterocycles. The Morgan fingerprint density at radius 2 is 1.54 bits per heavy atom. The van der Waals surface area contributed by atoms with Crippen LogP contribution in [-0.2, 0) is 6.42 Å². The van der Waals surface area contributed by atoms with E-state index < -0.39 is 0 Å². The molecule has 2 aromatic rings. The second-order valence-electron chi connectivity index (χ2n) is 7.29. The summed E-state index contributed by atoms with van der Waals surface area (Å²) in [6, 6.07) is 8.70. The van der Waals surface area contributed by atoms with Crippen LogP contribution in [0.25, 0.3) is 11.4 Å². The molecule has 0 amide bonds. The van der Waals surface area contributed by atoms with Gasteiger partial charge in [0.2, 0.25) is 0 Å². The first-order valence-corrected chi connectivity index (χ1v) is 9.71. The van der Waals surface area contributed by atoms with Crippen molar-refractivity contribution < 1.29 is 0 Å². The van der Waals surface area contributed by atoms with E-state index >= 15 is 0 Å². The molecule has 1 fully saturated rings. The highest BCUT2D eigenvalue weighted by Crippen LogP contribution is 2.37. The summed E-state index contributed by atoms with van der Waals surface area (Å²) in [5, 5.41) is 0. The normalized spacial score (nSPS) is 20.9. The summed E-state index contributed by atoms with van der Waals surface area (Å²) in [6.07, 6.45) is 14.5. The van der Waals surface area contributed by atoms with Crippen molar-refractivity contribution in [2.45, 2.75) is 71.1 Å². The molecule has 1 saturated carbocycles. The number of aromatic nitrogens is 2. The van der Waals surface area contributed by atoms with E-state index in [0.29, 0.717) is 5.92 Å². The van der Waals surface area contributed by atoms with Gasteiger partial charge in [0.15, 0.2) is 5.82 Å². The third-order valence-corrected chi connectivity index (χ3v) is 5.44. The van der Waals surface area contributed by atoms with Crippen LogP contribution in [0.4, 0.5) is 0 Å². The molecule has 0 bridgehead atoms. The molecule has 0 unspecified atom stereocenters. The fourth-order valence-electron chi connectivity index (χ4n) is 4.00. The van der Waals surface area contributed by atoms with E-state index in [1.165, 1.54) is 56.1 Å². The van der Waals surface area contributed by atoms with E-state index in [1.54, 1.807) is 0 Å². The first-order valence-electron chi connectivity index (χ1n) is 9.71. The predicted octanol–water partition coefficient (Wildman–Crippen LogP) is 6.17. The minimum Gasteiger partial charge on any atom is -0.236 e. The molecule has 3 rings (SSSR count).